The maximum atomic E-state index is 10.8. The number of hydrogen-bond donors (Lipinski definition) is 7. The molecule has 140 valence electrons. The van der Waals surface area contributed by atoms with Gasteiger partial charge in [-0.15, -0.1) is 12.6 Å². The van der Waals surface area contributed by atoms with Crippen molar-refractivity contribution in [1.82, 2.24) is 4.90 Å². The van der Waals surface area contributed by atoms with E-state index in [0.29, 0.717) is 5.56 Å². The van der Waals surface area contributed by atoms with Crippen molar-refractivity contribution in [2.45, 2.75) is 31.0 Å². The fourth-order valence-corrected chi connectivity index (χ4v) is 2.37. The third kappa shape index (κ3) is 6.51. The second kappa shape index (κ2) is 10.0. The second-order valence-electron chi connectivity index (χ2n) is 5.46. The topological polar surface area (TPSA) is 142 Å². The molecule has 4 atom stereocenters. The molecule has 0 aromatic heterocycles. The van der Waals surface area contributed by atoms with Gasteiger partial charge in [0, 0.05) is 13.1 Å². The van der Waals surface area contributed by atoms with Gasteiger partial charge in [-0.25, -0.2) is 4.79 Å². The SMILES string of the molecule is O=C(O)c1ccc(CN(C[C@H](O)[C@@H](O)[C@H](O)[C@H](O)CO)C(=S)S)cc1. The van der Waals surface area contributed by atoms with Crippen LogP contribution in [-0.2, 0) is 6.54 Å². The summed E-state index contributed by atoms with van der Waals surface area (Å²) in [6.07, 6.45) is -6.50. The van der Waals surface area contributed by atoms with E-state index in [9.17, 15) is 25.2 Å². The molecule has 0 amide bonds. The predicted octanol–water partition coefficient (Wildman–Crippen LogP) is -1.16. The van der Waals surface area contributed by atoms with E-state index in [-0.39, 0.29) is 23.0 Å². The molecule has 0 aliphatic carbocycles. The van der Waals surface area contributed by atoms with Gasteiger partial charge in [0.1, 0.15) is 28.7 Å². The average molecular weight is 391 g/mol. The number of aliphatic hydroxyl groups is 5. The Bertz CT molecular complexity index is 584. The lowest BCUT2D eigenvalue weighted by molar-refractivity contribution is -0.117. The van der Waals surface area contributed by atoms with Crippen LogP contribution in [0.15, 0.2) is 24.3 Å². The third-order valence-electron chi connectivity index (χ3n) is 3.58. The quantitative estimate of drug-likeness (QED) is 0.205. The second-order valence-corrected chi connectivity index (χ2v) is 6.58. The van der Waals surface area contributed by atoms with Crippen molar-refractivity contribution in [2.75, 3.05) is 13.2 Å². The molecule has 10 heteroatoms. The zero-order chi connectivity index (χ0) is 19.1. The molecule has 0 unspecified atom stereocenters. The van der Waals surface area contributed by atoms with Gasteiger partial charge in [0.25, 0.3) is 0 Å². The van der Waals surface area contributed by atoms with Crippen LogP contribution in [0.5, 0.6) is 0 Å². The summed E-state index contributed by atoms with van der Waals surface area (Å²) in [5.74, 6) is -1.05. The maximum Gasteiger partial charge on any atom is 0.335 e. The summed E-state index contributed by atoms with van der Waals surface area (Å²) in [4.78, 5) is 12.3. The van der Waals surface area contributed by atoms with E-state index in [1.54, 1.807) is 12.1 Å². The van der Waals surface area contributed by atoms with Crippen LogP contribution in [0.4, 0.5) is 0 Å². The maximum absolute atomic E-state index is 10.8. The molecule has 8 nitrogen and oxygen atoms in total. The van der Waals surface area contributed by atoms with Crippen LogP contribution in [0.1, 0.15) is 15.9 Å². The van der Waals surface area contributed by atoms with Crippen LogP contribution < -0.4 is 0 Å². The Kier molecular flexibility index (Phi) is 8.73. The van der Waals surface area contributed by atoms with Gasteiger partial charge in [-0.1, -0.05) is 24.4 Å². The summed E-state index contributed by atoms with van der Waals surface area (Å²) >= 11 is 9.03. The fraction of sp³-hybridized carbons (Fsp3) is 0.467. The van der Waals surface area contributed by atoms with Gasteiger partial charge in [0.05, 0.1) is 12.2 Å². The number of thiocarbonyl (C=S) groups is 1. The van der Waals surface area contributed by atoms with Crippen LogP contribution >= 0.6 is 24.8 Å². The Hall–Kier alpha value is -1.27. The Morgan fingerprint density at radius 1 is 1.08 bits per heavy atom. The molecule has 25 heavy (non-hydrogen) atoms. The molecule has 1 aromatic carbocycles. The minimum absolute atomic E-state index is 0.116. The number of hydrogen-bond acceptors (Lipinski definition) is 7. The zero-order valence-corrected chi connectivity index (χ0v) is 14.8. The Morgan fingerprint density at radius 2 is 1.60 bits per heavy atom. The lowest BCUT2D eigenvalue weighted by atomic mass is 10.0. The van der Waals surface area contributed by atoms with Gasteiger partial charge in [-0.3, -0.25) is 0 Å². The van der Waals surface area contributed by atoms with Gasteiger partial charge < -0.3 is 35.5 Å². The van der Waals surface area contributed by atoms with Gasteiger partial charge in [0.2, 0.25) is 0 Å². The summed E-state index contributed by atoms with van der Waals surface area (Å²) in [5.41, 5.74) is 0.819. The highest BCUT2D eigenvalue weighted by molar-refractivity contribution is 8.10. The molecule has 0 heterocycles. The number of carboxylic acid groups (broad SMARTS) is 1. The normalized spacial score (nSPS) is 15.9. The van der Waals surface area contributed by atoms with Crippen molar-refractivity contribution in [3.05, 3.63) is 35.4 Å². The summed E-state index contributed by atoms with van der Waals surface area (Å²) in [6, 6.07) is 6.00. The van der Waals surface area contributed by atoms with Crippen LogP contribution in [0.25, 0.3) is 0 Å². The van der Waals surface area contributed by atoms with E-state index in [0.717, 1.165) is 0 Å². The van der Waals surface area contributed by atoms with E-state index in [1.165, 1.54) is 17.0 Å². The number of carbonyl (C=O) groups is 1. The Morgan fingerprint density at radius 3 is 2.04 bits per heavy atom. The molecule has 0 saturated heterocycles. The molecule has 0 spiro atoms. The number of thiol groups is 1. The van der Waals surface area contributed by atoms with Crippen molar-refractivity contribution in [2.24, 2.45) is 0 Å². The van der Waals surface area contributed by atoms with Gasteiger partial charge in [-0.05, 0) is 17.7 Å². The first-order chi connectivity index (χ1) is 11.7. The molecule has 0 bridgehead atoms. The van der Waals surface area contributed by atoms with Gasteiger partial charge in [-0.2, -0.15) is 0 Å². The highest BCUT2D eigenvalue weighted by Crippen LogP contribution is 2.13. The van der Waals surface area contributed by atoms with Crippen LogP contribution in [-0.4, -0.2) is 83.4 Å². The van der Waals surface area contributed by atoms with Gasteiger partial charge in [0.15, 0.2) is 0 Å². The van der Waals surface area contributed by atoms with E-state index in [1.807, 2.05) is 0 Å². The Labute approximate surface area is 155 Å². The molecule has 1 aromatic rings. The smallest absolute Gasteiger partial charge is 0.335 e. The highest BCUT2D eigenvalue weighted by Gasteiger charge is 2.31. The molecule has 0 aliphatic rings. The van der Waals surface area contributed by atoms with Crippen molar-refractivity contribution in [3.8, 4) is 0 Å². The van der Waals surface area contributed by atoms with E-state index in [2.05, 4.69) is 12.6 Å². The first-order valence-electron chi connectivity index (χ1n) is 7.30. The number of nitrogens with zero attached hydrogens (tertiary/aromatic N) is 1. The summed E-state index contributed by atoms with van der Waals surface area (Å²) < 4.78 is 0.116. The van der Waals surface area contributed by atoms with E-state index < -0.39 is 37.0 Å². The molecular weight excluding hydrogens is 370 g/mol. The molecule has 1 rings (SSSR count). The molecule has 0 radical (unpaired) electrons. The number of rotatable bonds is 9. The van der Waals surface area contributed by atoms with Crippen LogP contribution in [0, 0.1) is 0 Å². The first-order valence-corrected chi connectivity index (χ1v) is 8.16. The van der Waals surface area contributed by atoms with Crippen LogP contribution in [0.2, 0.25) is 0 Å². The van der Waals surface area contributed by atoms with E-state index in [4.69, 9.17) is 22.4 Å². The minimum Gasteiger partial charge on any atom is -0.478 e. The number of aromatic carboxylic acids is 1. The summed E-state index contributed by atoms with van der Waals surface area (Å²) in [5, 5.41) is 56.5. The summed E-state index contributed by atoms with van der Waals surface area (Å²) in [6.45, 7) is -0.778. The monoisotopic (exact) mass is 391 g/mol. The molecule has 0 aliphatic heterocycles. The molecule has 0 saturated carbocycles. The largest absolute Gasteiger partial charge is 0.478 e. The Balaban J connectivity index is 2.76. The standard InChI is InChI=1S/C15H21NO7S2/c17-7-11(19)13(21)12(20)10(18)6-16(15(24)25)5-8-1-3-9(4-2-8)14(22)23/h1-4,10-13,17-21H,5-7H2,(H,22,23)(H,24,25)/t10-,11+,12+,13+/m0/s1. The highest BCUT2D eigenvalue weighted by atomic mass is 32.1. The fourth-order valence-electron chi connectivity index (χ4n) is 2.08. The van der Waals surface area contributed by atoms with Crippen molar-refractivity contribution in [3.63, 3.8) is 0 Å². The average Bonchev–Trinajstić information content (AvgIpc) is 2.59. The minimum atomic E-state index is -1.73. The van der Waals surface area contributed by atoms with Crippen molar-refractivity contribution < 1.29 is 35.4 Å². The summed E-state index contributed by atoms with van der Waals surface area (Å²) in [7, 11) is 0. The molecular formula is C15H21NO7S2. The number of carboxylic acids is 1. The van der Waals surface area contributed by atoms with Crippen molar-refractivity contribution in [1.29, 1.82) is 0 Å². The van der Waals surface area contributed by atoms with E-state index >= 15 is 0 Å². The first kappa shape index (κ1) is 21.8. The van der Waals surface area contributed by atoms with Crippen molar-refractivity contribution >= 4 is 35.1 Å². The number of aliphatic hydroxyl groups excluding tert-OH is 5. The molecule has 0 fully saturated rings. The molecule has 6 N–H and O–H groups in total. The predicted molar refractivity (Wildman–Crippen MR) is 96.5 cm³/mol. The lowest BCUT2D eigenvalue weighted by Crippen LogP contribution is -2.49. The number of benzene rings is 1. The third-order valence-corrected chi connectivity index (χ3v) is 4.12. The van der Waals surface area contributed by atoms with Gasteiger partial charge >= 0.3 is 5.97 Å². The van der Waals surface area contributed by atoms with Crippen LogP contribution in [0.3, 0.4) is 0 Å². The lowest BCUT2D eigenvalue weighted by Gasteiger charge is -2.30. The zero-order valence-electron chi connectivity index (χ0n) is 13.1.